The van der Waals surface area contributed by atoms with Crippen molar-refractivity contribution in [2.75, 3.05) is 5.32 Å². The molecule has 110 valence electrons. The molecule has 0 aliphatic heterocycles. The van der Waals surface area contributed by atoms with Crippen LogP contribution in [0.2, 0.25) is 0 Å². The molecule has 0 fully saturated rings. The Labute approximate surface area is 130 Å². The topological polar surface area (TPSA) is 72.2 Å². The molecule has 0 spiro atoms. The maximum atomic E-state index is 12.4. The highest BCUT2D eigenvalue weighted by Gasteiger charge is 2.15. The molecule has 0 atom stereocenters. The number of nitrogens with one attached hydrogen (secondary N) is 1. The van der Waals surface area contributed by atoms with E-state index in [1.807, 2.05) is 24.3 Å². The lowest BCUT2D eigenvalue weighted by Crippen LogP contribution is -2.12. The zero-order valence-corrected chi connectivity index (χ0v) is 12.5. The number of non-ortho nitro benzene ring substituents is 1. The monoisotopic (exact) mass is 312 g/mol. The number of aryl methyl sites for hydroxylation is 1. The fourth-order valence-electron chi connectivity index (χ4n) is 2.20. The third-order valence-corrected chi connectivity index (χ3v) is 4.37. The number of nitrogens with zero attached hydrogens (tertiary/aromatic N) is 1. The van der Waals surface area contributed by atoms with Crippen LogP contribution in [-0.2, 0) is 0 Å². The molecular formula is C16H12N2O3S. The van der Waals surface area contributed by atoms with E-state index in [0.717, 1.165) is 15.6 Å². The van der Waals surface area contributed by atoms with E-state index in [1.165, 1.54) is 23.5 Å². The zero-order valence-electron chi connectivity index (χ0n) is 11.7. The molecule has 0 unspecified atom stereocenters. The first-order valence-electron chi connectivity index (χ1n) is 6.59. The molecule has 0 bridgehead atoms. The first-order chi connectivity index (χ1) is 10.6. The molecule has 3 rings (SSSR count). The van der Waals surface area contributed by atoms with Gasteiger partial charge in [-0.05, 0) is 18.6 Å². The molecule has 0 radical (unpaired) electrons. The molecule has 22 heavy (non-hydrogen) atoms. The molecule has 1 heterocycles. The number of carbonyl (C=O) groups excluding carboxylic acids is 1. The van der Waals surface area contributed by atoms with Crippen LogP contribution in [0.1, 0.15) is 15.9 Å². The Hall–Kier alpha value is -2.73. The lowest BCUT2D eigenvalue weighted by atomic mass is 10.1. The van der Waals surface area contributed by atoms with Gasteiger partial charge in [0.25, 0.3) is 11.6 Å². The zero-order chi connectivity index (χ0) is 15.7. The number of rotatable bonds is 3. The van der Waals surface area contributed by atoms with E-state index in [1.54, 1.807) is 18.4 Å². The number of amides is 1. The number of thiophene rings is 1. The molecule has 0 saturated heterocycles. The number of benzene rings is 2. The van der Waals surface area contributed by atoms with Gasteiger partial charge in [-0.3, -0.25) is 14.9 Å². The average molecular weight is 312 g/mol. The van der Waals surface area contributed by atoms with Gasteiger partial charge in [0.2, 0.25) is 0 Å². The van der Waals surface area contributed by atoms with Crippen molar-refractivity contribution < 1.29 is 9.72 Å². The van der Waals surface area contributed by atoms with Crippen LogP contribution >= 0.6 is 11.3 Å². The fourth-order valence-corrected chi connectivity index (χ4v) is 3.14. The molecule has 0 aliphatic carbocycles. The lowest BCUT2D eigenvalue weighted by Gasteiger charge is -2.07. The molecule has 3 aromatic rings. The summed E-state index contributed by atoms with van der Waals surface area (Å²) in [5, 5.41) is 16.3. The van der Waals surface area contributed by atoms with Gasteiger partial charge in [0, 0.05) is 27.6 Å². The van der Waals surface area contributed by atoms with Crippen molar-refractivity contribution >= 4 is 38.7 Å². The molecule has 2 aromatic carbocycles. The largest absolute Gasteiger partial charge is 0.321 e. The molecule has 1 N–H and O–H groups in total. The minimum absolute atomic E-state index is 0.0453. The summed E-state index contributed by atoms with van der Waals surface area (Å²) in [5.41, 5.74) is 1.76. The summed E-state index contributed by atoms with van der Waals surface area (Å²) in [5.74, 6) is -0.263. The third kappa shape index (κ3) is 2.56. The number of anilines is 1. The van der Waals surface area contributed by atoms with Gasteiger partial charge in [-0.25, -0.2) is 0 Å². The highest BCUT2D eigenvalue weighted by atomic mass is 32.1. The van der Waals surface area contributed by atoms with Crippen molar-refractivity contribution in [3.05, 3.63) is 69.1 Å². The van der Waals surface area contributed by atoms with Crippen LogP contribution in [0.15, 0.2) is 47.8 Å². The van der Waals surface area contributed by atoms with E-state index >= 15 is 0 Å². The highest BCUT2D eigenvalue weighted by Crippen LogP contribution is 2.27. The maximum Gasteiger partial charge on any atom is 0.271 e. The van der Waals surface area contributed by atoms with Crippen LogP contribution < -0.4 is 5.32 Å². The summed E-state index contributed by atoms with van der Waals surface area (Å²) < 4.78 is 1.03. The second-order valence-corrected chi connectivity index (χ2v) is 5.77. The van der Waals surface area contributed by atoms with Gasteiger partial charge in [0.1, 0.15) is 0 Å². The molecule has 6 heteroatoms. The van der Waals surface area contributed by atoms with E-state index in [4.69, 9.17) is 0 Å². The molecule has 0 saturated carbocycles. The predicted octanol–water partition coefficient (Wildman–Crippen LogP) is 4.37. The predicted molar refractivity (Wildman–Crippen MR) is 87.6 cm³/mol. The normalized spacial score (nSPS) is 10.6. The van der Waals surface area contributed by atoms with Crippen LogP contribution in [0.3, 0.4) is 0 Å². The Morgan fingerprint density at radius 2 is 2.00 bits per heavy atom. The molecular weight excluding hydrogens is 300 g/mol. The smallest absolute Gasteiger partial charge is 0.271 e. The minimum Gasteiger partial charge on any atom is -0.321 e. The Morgan fingerprint density at radius 1 is 1.23 bits per heavy atom. The number of hydrogen-bond donors (Lipinski definition) is 1. The molecule has 1 amide bonds. The number of nitro groups is 1. The number of hydrogen-bond acceptors (Lipinski definition) is 4. The first-order valence-corrected chi connectivity index (χ1v) is 7.47. The Balaban J connectivity index is 1.94. The van der Waals surface area contributed by atoms with Crippen molar-refractivity contribution in [2.45, 2.75) is 6.92 Å². The molecule has 1 aromatic heterocycles. The van der Waals surface area contributed by atoms with Crippen LogP contribution in [0, 0.1) is 17.0 Å². The Morgan fingerprint density at radius 3 is 2.77 bits per heavy atom. The number of nitro benzene ring substituents is 1. The summed E-state index contributed by atoms with van der Waals surface area (Å²) in [7, 11) is 0. The van der Waals surface area contributed by atoms with E-state index in [2.05, 4.69) is 5.32 Å². The minimum atomic E-state index is -0.477. The summed E-state index contributed by atoms with van der Waals surface area (Å²) in [6, 6.07) is 12.1. The average Bonchev–Trinajstić information content (AvgIpc) is 2.93. The Bertz CT molecular complexity index is 886. The van der Waals surface area contributed by atoms with Crippen molar-refractivity contribution in [2.24, 2.45) is 0 Å². The first kappa shape index (κ1) is 14.2. The van der Waals surface area contributed by atoms with Gasteiger partial charge in [-0.2, -0.15) is 0 Å². The van der Waals surface area contributed by atoms with E-state index in [0.29, 0.717) is 11.3 Å². The van der Waals surface area contributed by atoms with Gasteiger partial charge in [0.05, 0.1) is 16.2 Å². The Kier molecular flexibility index (Phi) is 3.60. The van der Waals surface area contributed by atoms with Crippen LogP contribution in [0.4, 0.5) is 11.4 Å². The van der Waals surface area contributed by atoms with Crippen molar-refractivity contribution in [3.63, 3.8) is 0 Å². The van der Waals surface area contributed by atoms with Gasteiger partial charge in [-0.1, -0.05) is 24.3 Å². The number of fused-ring (bicyclic) bond motifs is 1. The summed E-state index contributed by atoms with van der Waals surface area (Å²) in [6.07, 6.45) is 0. The van der Waals surface area contributed by atoms with Gasteiger partial charge < -0.3 is 5.32 Å². The van der Waals surface area contributed by atoms with Crippen LogP contribution in [-0.4, -0.2) is 10.8 Å². The van der Waals surface area contributed by atoms with E-state index < -0.39 is 4.92 Å². The lowest BCUT2D eigenvalue weighted by molar-refractivity contribution is -0.384. The van der Waals surface area contributed by atoms with Crippen molar-refractivity contribution in [3.8, 4) is 0 Å². The van der Waals surface area contributed by atoms with Crippen LogP contribution in [0.25, 0.3) is 10.1 Å². The quantitative estimate of drug-likeness (QED) is 0.576. The maximum absolute atomic E-state index is 12.4. The molecule has 0 aliphatic rings. The summed E-state index contributed by atoms with van der Waals surface area (Å²) in [4.78, 5) is 22.8. The van der Waals surface area contributed by atoms with Gasteiger partial charge in [-0.15, -0.1) is 11.3 Å². The number of carbonyl (C=O) groups is 1. The van der Waals surface area contributed by atoms with Gasteiger partial charge in [0.15, 0.2) is 0 Å². The van der Waals surface area contributed by atoms with Crippen LogP contribution in [0.5, 0.6) is 0 Å². The summed E-state index contributed by atoms with van der Waals surface area (Å²) in [6.45, 7) is 1.80. The highest BCUT2D eigenvalue weighted by molar-refractivity contribution is 7.17. The standard InChI is InChI=1S/C16H12N2O3S/c1-10-6-7-11(18(20)21)8-14(10)17-16(19)13-9-22-15-5-3-2-4-12(13)15/h2-9H,1H3,(H,17,19). The SMILES string of the molecule is Cc1ccc([N+](=O)[O-])cc1NC(=O)c1csc2ccccc12. The van der Waals surface area contributed by atoms with Crippen molar-refractivity contribution in [1.82, 2.24) is 0 Å². The van der Waals surface area contributed by atoms with Gasteiger partial charge >= 0.3 is 0 Å². The second-order valence-electron chi connectivity index (χ2n) is 4.86. The second kappa shape index (κ2) is 5.57. The van der Waals surface area contributed by atoms with E-state index in [9.17, 15) is 14.9 Å². The fraction of sp³-hybridized carbons (Fsp3) is 0.0625. The van der Waals surface area contributed by atoms with Crippen molar-refractivity contribution in [1.29, 1.82) is 0 Å². The summed E-state index contributed by atoms with van der Waals surface area (Å²) >= 11 is 1.50. The third-order valence-electron chi connectivity index (χ3n) is 3.41. The van der Waals surface area contributed by atoms with E-state index in [-0.39, 0.29) is 11.6 Å². The molecule has 5 nitrogen and oxygen atoms in total.